The molecular weight excluding hydrogens is 475 g/mol. The largest absolute Gasteiger partial charge is 0.506 e. The first-order valence-electron chi connectivity index (χ1n) is 10.7. The summed E-state index contributed by atoms with van der Waals surface area (Å²) in [7, 11) is -4.30. The van der Waals surface area contributed by atoms with Crippen LogP contribution in [-0.4, -0.2) is 30.5 Å². The third-order valence-electron chi connectivity index (χ3n) is 5.52. The van der Waals surface area contributed by atoms with Crippen molar-refractivity contribution in [2.24, 2.45) is 9.81 Å². The molecule has 2 heterocycles. The molecule has 0 radical (unpaired) electrons. The lowest BCUT2D eigenvalue weighted by Crippen LogP contribution is -2.33. The zero-order valence-electron chi connectivity index (χ0n) is 19.3. The smallest absolute Gasteiger partial charge is 0.286 e. The van der Waals surface area contributed by atoms with E-state index in [9.17, 15) is 22.7 Å². The van der Waals surface area contributed by atoms with Gasteiger partial charge in [0, 0.05) is 18.0 Å². The Balaban J connectivity index is 1.90. The molecule has 0 aliphatic carbocycles. The predicted molar refractivity (Wildman–Crippen MR) is 129 cm³/mol. The van der Waals surface area contributed by atoms with E-state index in [2.05, 4.69) is 9.71 Å². The Morgan fingerprint density at radius 2 is 1.97 bits per heavy atom. The molecule has 0 amide bonds. The van der Waals surface area contributed by atoms with E-state index in [-0.39, 0.29) is 51.7 Å². The van der Waals surface area contributed by atoms with Crippen LogP contribution in [0, 0.1) is 22.6 Å². The van der Waals surface area contributed by atoms with Crippen LogP contribution in [0.5, 0.6) is 11.5 Å². The van der Waals surface area contributed by atoms with Gasteiger partial charge in [-0.25, -0.2) is 4.39 Å². The molecule has 11 heteroatoms. The number of nitriles is 1. The Hall–Kier alpha value is -3.91. The van der Waals surface area contributed by atoms with E-state index >= 15 is 0 Å². The van der Waals surface area contributed by atoms with Crippen LogP contribution in [0.25, 0.3) is 10.9 Å². The molecule has 1 aliphatic heterocycles. The number of pyridine rings is 1. The number of fused-ring (bicyclic) bond motifs is 2. The van der Waals surface area contributed by atoms with Gasteiger partial charge in [-0.05, 0) is 42.2 Å². The number of aromatic hydroxyl groups is 1. The monoisotopic (exact) mass is 498 g/mol. The molecule has 1 aromatic heterocycles. The van der Waals surface area contributed by atoms with E-state index in [0.717, 1.165) is 6.07 Å². The molecule has 0 unspecified atom stereocenters. The van der Waals surface area contributed by atoms with Gasteiger partial charge in [0.2, 0.25) is 0 Å². The average molecular weight is 499 g/mol. The molecule has 2 aromatic carbocycles. The van der Waals surface area contributed by atoms with Gasteiger partial charge in [-0.1, -0.05) is 20.8 Å². The molecule has 0 spiro atoms. The number of hydrogen-bond donors (Lipinski definition) is 2. The van der Waals surface area contributed by atoms with E-state index in [4.69, 9.17) is 10.00 Å². The van der Waals surface area contributed by atoms with Crippen LogP contribution >= 0.6 is 0 Å². The van der Waals surface area contributed by atoms with Crippen LogP contribution in [0.3, 0.4) is 0 Å². The number of sulfonamides is 1. The summed E-state index contributed by atoms with van der Waals surface area (Å²) < 4.78 is 50.3. The van der Waals surface area contributed by atoms with Gasteiger partial charge in [0.05, 0.1) is 11.2 Å². The number of nitrogens with one attached hydrogen (secondary N) is 1. The Morgan fingerprint density at radius 1 is 1.23 bits per heavy atom. The number of rotatable bonds is 5. The molecule has 35 heavy (non-hydrogen) atoms. The summed E-state index contributed by atoms with van der Waals surface area (Å²) >= 11 is 0. The van der Waals surface area contributed by atoms with E-state index in [0.29, 0.717) is 11.9 Å². The summed E-state index contributed by atoms with van der Waals surface area (Å²) in [6, 6.07) is 9.56. The zero-order valence-corrected chi connectivity index (χ0v) is 20.1. The summed E-state index contributed by atoms with van der Waals surface area (Å²) in [5.41, 5.74) is -0.738. The molecule has 2 N–H and O–H groups in total. The normalized spacial score (nSPS) is 14.5. The van der Waals surface area contributed by atoms with Gasteiger partial charge >= 0.3 is 0 Å². The fourth-order valence-electron chi connectivity index (χ4n) is 3.75. The van der Waals surface area contributed by atoms with Crippen molar-refractivity contribution >= 4 is 32.4 Å². The Kier molecular flexibility index (Phi) is 6.02. The van der Waals surface area contributed by atoms with Crippen molar-refractivity contribution in [2.75, 3.05) is 11.9 Å². The van der Waals surface area contributed by atoms with Crippen LogP contribution in [0.15, 0.2) is 50.5 Å². The van der Waals surface area contributed by atoms with Crippen LogP contribution < -0.4 is 15.6 Å². The van der Waals surface area contributed by atoms with Crippen molar-refractivity contribution in [3.63, 3.8) is 0 Å². The lowest BCUT2D eigenvalue weighted by Gasteiger charge is -2.23. The number of halogens is 1. The number of nitrogens with zero attached hydrogens (tertiary/aromatic N) is 3. The molecule has 0 fully saturated rings. The van der Waals surface area contributed by atoms with Crippen molar-refractivity contribution in [3.8, 4) is 17.6 Å². The highest BCUT2D eigenvalue weighted by Gasteiger charge is 2.30. The van der Waals surface area contributed by atoms with E-state index in [1.165, 1.54) is 34.9 Å². The third-order valence-corrected chi connectivity index (χ3v) is 6.84. The maximum Gasteiger partial charge on any atom is 0.286 e. The Bertz CT molecular complexity index is 1580. The second-order valence-corrected chi connectivity index (χ2v) is 10.9. The first kappa shape index (κ1) is 24.2. The highest BCUT2D eigenvalue weighted by atomic mass is 32.2. The minimum Gasteiger partial charge on any atom is -0.506 e. The first-order valence-corrected chi connectivity index (χ1v) is 12.2. The van der Waals surface area contributed by atoms with Crippen LogP contribution in [0.2, 0.25) is 0 Å². The first-order chi connectivity index (χ1) is 16.4. The van der Waals surface area contributed by atoms with Gasteiger partial charge < -0.3 is 19.7 Å². The molecular formula is C24H23FN4O5S. The standard InChI is InChI=1S/C24H23FN4O5S/c1-24(2,3)8-10-29-18-7-4-14(25)12-16(18)21(30)20(23(29)31)22-27-17-6-5-15(34-11-9-26)13-19(17)35(32,33)28-22/h4-7,12-13,30H,8,10-11H2,1-3H3,(H,27,28). The highest BCUT2D eigenvalue weighted by molar-refractivity contribution is 7.90. The maximum absolute atomic E-state index is 14.1. The van der Waals surface area contributed by atoms with Crippen LogP contribution in [-0.2, 0) is 16.6 Å². The van der Waals surface area contributed by atoms with Crippen LogP contribution in [0.1, 0.15) is 32.8 Å². The molecule has 0 saturated heterocycles. The van der Waals surface area contributed by atoms with Gasteiger partial charge in [-0.3, -0.25) is 4.79 Å². The third kappa shape index (κ3) is 4.70. The van der Waals surface area contributed by atoms with Crippen molar-refractivity contribution in [1.82, 2.24) is 4.57 Å². The fraction of sp³-hybridized carbons (Fsp3) is 0.292. The topological polar surface area (TPSA) is 134 Å². The van der Waals surface area contributed by atoms with Crippen molar-refractivity contribution in [1.29, 1.82) is 5.26 Å². The number of hydrogen-bond acceptors (Lipinski definition) is 7. The zero-order chi connectivity index (χ0) is 25.5. The van der Waals surface area contributed by atoms with E-state index in [1.54, 1.807) is 6.07 Å². The van der Waals surface area contributed by atoms with Gasteiger partial charge in [0.1, 0.15) is 33.8 Å². The molecule has 0 atom stereocenters. The van der Waals surface area contributed by atoms with Crippen molar-refractivity contribution < 1.29 is 22.7 Å². The van der Waals surface area contributed by atoms with Crippen LogP contribution in [0.4, 0.5) is 10.1 Å². The minimum atomic E-state index is -4.30. The van der Waals surface area contributed by atoms with E-state index in [1.807, 2.05) is 20.8 Å². The maximum atomic E-state index is 14.1. The number of amidine groups is 1. The molecule has 9 nitrogen and oxygen atoms in total. The van der Waals surface area contributed by atoms with Gasteiger partial charge in [0.15, 0.2) is 12.4 Å². The highest BCUT2D eigenvalue weighted by Crippen LogP contribution is 2.35. The van der Waals surface area contributed by atoms with Crippen molar-refractivity contribution in [3.05, 3.63) is 58.1 Å². The number of ether oxygens (including phenoxy) is 1. The second kappa shape index (κ2) is 8.70. The molecule has 4 rings (SSSR count). The SMILES string of the molecule is CC(C)(C)CCn1c(=O)c(C2=NS(=O)(=O)c3cc(OCC#N)ccc3N2)c(O)c2cc(F)ccc21. The number of aryl methyl sites for hydroxylation is 1. The number of aromatic nitrogens is 1. The van der Waals surface area contributed by atoms with E-state index < -0.39 is 27.1 Å². The Morgan fingerprint density at radius 3 is 2.66 bits per heavy atom. The summed E-state index contributed by atoms with van der Waals surface area (Å²) in [5.74, 6) is -1.42. The van der Waals surface area contributed by atoms with Crippen molar-refractivity contribution in [2.45, 2.75) is 38.6 Å². The second-order valence-electron chi connectivity index (χ2n) is 9.30. The lowest BCUT2D eigenvalue weighted by molar-refractivity contribution is 0.350. The average Bonchev–Trinajstić information content (AvgIpc) is 2.77. The fourth-order valence-corrected chi connectivity index (χ4v) is 4.89. The summed E-state index contributed by atoms with van der Waals surface area (Å²) in [6.07, 6.45) is 0.593. The predicted octanol–water partition coefficient (Wildman–Crippen LogP) is 3.75. The summed E-state index contributed by atoms with van der Waals surface area (Å²) in [6.45, 7) is 6.01. The molecule has 1 aliphatic rings. The molecule has 0 saturated carbocycles. The van der Waals surface area contributed by atoms with Gasteiger partial charge in [-0.2, -0.15) is 13.7 Å². The summed E-state index contributed by atoms with van der Waals surface area (Å²) in [5, 5.41) is 22.5. The number of anilines is 1. The quantitative estimate of drug-likeness (QED) is 0.547. The minimum absolute atomic E-state index is 0.0569. The lowest BCUT2D eigenvalue weighted by atomic mass is 9.92. The molecule has 182 valence electrons. The Labute approximate surface area is 201 Å². The molecule has 3 aromatic rings. The molecule has 0 bridgehead atoms. The van der Waals surface area contributed by atoms with Gasteiger partial charge in [-0.15, -0.1) is 4.40 Å². The van der Waals surface area contributed by atoms with Gasteiger partial charge in [0.25, 0.3) is 15.6 Å². The number of benzene rings is 2. The summed E-state index contributed by atoms with van der Waals surface area (Å²) in [4.78, 5) is 13.3.